The molecular formula is C7H12N2O2. The van der Waals surface area contributed by atoms with E-state index in [-0.39, 0.29) is 11.8 Å². The Kier molecular flexibility index (Phi) is 2.12. The summed E-state index contributed by atoms with van der Waals surface area (Å²) < 4.78 is 0. The molecule has 11 heavy (non-hydrogen) atoms. The first-order valence-electron chi connectivity index (χ1n) is 3.69. The number of hydrogen-bond acceptors (Lipinski definition) is 2. The predicted molar refractivity (Wildman–Crippen MR) is 40.0 cm³/mol. The van der Waals surface area contributed by atoms with Gasteiger partial charge in [0.25, 0.3) is 0 Å². The standard InChI is InChI=1S/C7H12N2O2/c1-5-4-6(10)2-3-9(5)7(8)11/h5H,2-4H2,1H3,(H2,8,11). The lowest BCUT2D eigenvalue weighted by molar-refractivity contribution is -0.122. The summed E-state index contributed by atoms with van der Waals surface area (Å²) in [6.07, 6.45) is 0.899. The minimum atomic E-state index is -0.426. The molecule has 1 rings (SSSR count). The van der Waals surface area contributed by atoms with E-state index in [9.17, 15) is 9.59 Å². The maximum Gasteiger partial charge on any atom is 0.315 e. The highest BCUT2D eigenvalue weighted by atomic mass is 16.2. The summed E-state index contributed by atoms with van der Waals surface area (Å²) in [7, 11) is 0. The molecule has 0 aliphatic carbocycles. The van der Waals surface area contributed by atoms with Crippen molar-refractivity contribution in [2.75, 3.05) is 6.54 Å². The van der Waals surface area contributed by atoms with Crippen molar-refractivity contribution >= 4 is 11.8 Å². The molecule has 2 N–H and O–H groups in total. The molecule has 1 saturated heterocycles. The van der Waals surface area contributed by atoms with Crippen LogP contribution in [-0.2, 0) is 4.79 Å². The number of hydrogen-bond donors (Lipinski definition) is 1. The van der Waals surface area contributed by atoms with Crippen molar-refractivity contribution < 1.29 is 9.59 Å². The fraction of sp³-hybridized carbons (Fsp3) is 0.714. The first kappa shape index (κ1) is 8.04. The highest BCUT2D eigenvalue weighted by molar-refractivity contribution is 5.82. The second kappa shape index (κ2) is 2.90. The number of nitrogens with zero attached hydrogens (tertiary/aromatic N) is 1. The van der Waals surface area contributed by atoms with Gasteiger partial charge in [0.2, 0.25) is 0 Å². The van der Waals surface area contributed by atoms with E-state index in [1.54, 1.807) is 0 Å². The molecule has 1 atom stereocenters. The van der Waals surface area contributed by atoms with Crippen molar-refractivity contribution in [3.8, 4) is 0 Å². The van der Waals surface area contributed by atoms with E-state index in [1.165, 1.54) is 4.90 Å². The van der Waals surface area contributed by atoms with Crippen LogP contribution in [0.4, 0.5) is 4.79 Å². The quantitative estimate of drug-likeness (QED) is 0.541. The van der Waals surface area contributed by atoms with Crippen LogP contribution in [0.5, 0.6) is 0 Å². The minimum absolute atomic E-state index is 0.0197. The van der Waals surface area contributed by atoms with Gasteiger partial charge in [-0.2, -0.15) is 0 Å². The molecular weight excluding hydrogens is 144 g/mol. The normalized spacial score (nSPS) is 25.4. The van der Waals surface area contributed by atoms with E-state index < -0.39 is 6.03 Å². The second-order valence-electron chi connectivity index (χ2n) is 2.87. The Morgan fingerprint density at radius 2 is 2.36 bits per heavy atom. The SMILES string of the molecule is CC1CC(=O)CCN1C(N)=O. The molecule has 0 aromatic heterocycles. The third kappa shape index (κ3) is 1.69. The van der Waals surface area contributed by atoms with Crippen LogP contribution in [0.3, 0.4) is 0 Å². The molecule has 0 spiro atoms. The molecule has 2 amide bonds. The van der Waals surface area contributed by atoms with Gasteiger partial charge in [0.1, 0.15) is 5.78 Å². The van der Waals surface area contributed by atoms with Crippen LogP contribution in [0.2, 0.25) is 0 Å². The van der Waals surface area contributed by atoms with Crippen LogP contribution < -0.4 is 5.73 Å². The summed E-state index contributed by atoms with van der Waals surface area (Å²) in [5.41, 5.74) is 5.08. The molecule has 1 fully saturated rings. The number of urea groups is 1. The molecule has 0 bridgehead atoms. The third-order valence-corrected chi connectivity index (χ3v) is 1.97. The number of carbonyl (C=O) groups excluding carboxylic acids is 2. The maximum atomic E-state index is 10.9. The first-order valence-corrected chi connectivity index (χ1v) is 3.69. The second-order valence-corrected chi connectivity index (χ2v) is 2.87. The topological polar surface area (TPSA) is 63.4 Å². The average molecular weight is 156 g/mol. The summed E-state index contributed by atoms with van der Waals surface area (Å²) in [5, 5.41) is 0. The van der Waals surface area contributed by atoms with Crippen molar-refractivity contribution in [2.24, 2.45) is 5.73 Å². The number of piperidine rings is 1. The number of rotatable bonds is 0. The van der Waals surface area contributed by atoms with Crippen LogP contribution >= 0.6 is 0 Å². The fourth-order valence-electron chi connectivity index (χ4n) is 1.33. The summed E-state index contributed by atoms with van der Waals surface area (Å²) in [5.74, 6) is 0.218. The molecule has 0 aromatic carbocycles. The lowest BCUT2D eigenvalue weighted by Crippen LogP contribution is -2.47. The molecule has 0 radical (unpaired) electrons. The van der Waals surface area contributed by atoms with Crippen molar-refractivity contribution in [1.82, 2.24) is 4.90 Å². The van der Waals surface area contributed by atoms with Crippen LogP contribution in [0, 0.1) is 0 Å². The largest absolute Gasteiger partial charge is 0.351 e. The van der Waals surface area contributed by atoms with Crippen molar-refractivity contribution in [3.63, 3.8) is 0 Å². The minimum Gasteiger partial charge on any atom is -0.351 e. The fourth-order valence-corrected chi connectivity index (χ4v) is 1.33. The Balaban J connectivity index is 2.57. The number of primary amides is 1. The molecule has 1 unspecified atom stereocenters. The Morgan fingerprint density at radius 3 is 2.82 bits per heavy atom. The Bertz CT molecular complexity index is 191. The van der Waals surface area contributed by atoms with E-state index in [0.717, 1.165) is 0 Å². The van der Waals surface area contributed by atoms with Gasteiger partial charge in [-0.05, 0) is 6.92 Å². The van der Waals surface area contributed by atoms with Crippen LogP contribution in [-0.4, -0.2) is 29.3 Å². The number of carbonyl (C=O) groups is 2. The number of nitrogens with two attached hydrogens (primary N) is 1. The highest BCUT2D eigenvalue weighted by Gasteiger charge is 2.25. The van der Waals surface area contributed by atoms with Crippen molar-refractivity contribution in [1.29, 1.82) is 0 Å². The molecule has 1 aliphatic rings. The molecule has 4 nitrogen and oxygen atoms in total. The summed E-state index contributed by atoms with van der Waals surface area (Å²) in [6.45, 7) is 2.32. The van der Waals surface area contributed by atoms with Gasteiger partial charge in [-0.15, -0.1) is 0 Å². The number of Topliss-reactive ketones (excluding diaryl/α,β-unsaturated/α-hetero) is 1. The van der Waals surface area contributed by atoms with Gasteiger partial charge >= 0.3 is 6.03 Å². The number of amides is 2. The van der Waals surface area contributed by atoms with E-state index in [1.807, 2.05) is 6.92 Å². The summed E-state index contributed by atoms with van der Waals surface area (Å²) in [4.78, 5) is 23.1. The number of ketones is 1. The average Bonchev–Trinajstić information content (AvgIpc) is 1.85. The maximum absolute atomic E-state index is 10.9. The van der Waals surface area contributed by atoms with Crippen LogP contribution in [0.25, 0.3) is 0 Å². The van der Waals surface area contributed by atoms with E-state index in [0.29, 0.717) is 19.4 Å². The van der Waals surface area contributed by atoms with Gasteiger partial charge in [-0.3, -0.25) is 4.79 Å². The van der Waals surface area contributed by atoms with Gasteiger partial charge < -0.3 is 10.6 Å². The molecule has 62 valence electrons. The van der Waals surface area contributed by atoms with Gasteiger partial charge in [0.05, 0.1) is 0 Å². The molecule has 0 saturated carbocycles. The zero-order valence-electron chi connectivity index (χ0n) is 6.54. The van der Waals surface area contributed by atoms with E-state index in [4.69, 9.17) is 5.73 Å². The van der Waals surface area contributed by atoms with Crippen molar-refractivity contribution in [2.45, 2.75) is 25.8 Å². The van der Waals surface area contributed by atoms with Gasteiger partial charge in [0.15, 0.2) is 0 Å². The van der Waals surface area contributed by atoms with Gasteiger partial charge in [0, 0.05) is 25.4 Å². The molecule has 4 heteroatoms. The monoisotopic (exact) mass is 156 g/mol. The molecule has 1 aliphatic heterocycles. The smallest absolute Gasteiger partial charge is 0.315 e. The highest BCUT2D eigenvalue weighted by Crippen LogP contribution is 2.12. The first-order chi connectivity index (χ1) is 5.11. The third-order valence-electron chi connectivity index (χ3n) is 1.97. The zero-order chi connectivity index (χ0) is 8.43. The van der Waals surface area contributed by atoms with Crippen molar-refractivity contribution in [3.05, 3.63) is 0 Å². The van der Waals surface area contributed by atoms with Gasteiger partial charge in [-0.25, -0.2) is 4.79 Å². The van der Waals surface area contributed by atoms with Crippen LogP contribution in [0.1, 0.15) is 19.8 Å². The Morgan fingerprint density at radius 1 is 1.73 bits per heavy atom. The molecule has 0 aromatic rings. The predicted octanol–water partition coefficient (Wildman–Crippen LogP) is 0.118. The zero-order valence-corrected chi connectivity index (χ0v) is 6.54. The van der Waals surface area contributed by atoms with Crippen LogP contribution in [0.15, 0.2) is 0 Å². The summed E-state index contributed by atoms with van der Waals surface area (Å²) in [6, 6.07) is -0.446. The lowest BCUT2D eigenvalue weighted by Gasteiger charge is -2.30. The Hall–Kier alpha value is -1.06. The van der Waals surface area contributed by atoms with E-state index in [2.05, 4.69) is 0 Å². The molecule has 1 heterocycles. The Labute approximate surface area is 65.3 Å². The lowest BCUT2D eigenvalue weighted by atomic mass is 10.0. The summed E-state index contributed by atoms with van der Waals surface area (Å²) >= 11 is 0. The number of likely N-dealkylation sites (tertiary alicyclic amines) is 1. The van der Waals surface area contributed by atoms with Gasteiger partial charge in [-0.1, -0.05) is 0 Å². The van der Waals surface area contributed by atoms with E-state index >= 15 is 0 Å².